The third-order valence-electron chi connectivity index (χ3n) is 4.53. The van der Waals surface area contributed by atoms with Gasteiger partial charge in [-0.3, -0.25) is 0 Å². The lowest BCUT2D eigenvalue weighted by molar-refractivity contribution is 0.108. The first kappa shape index (κ1) is 14.8. The number of pyridine rings is 1. The molecule has 1 aliphatic heterocycles. The fourth-order valence-electron chi connectivity index (χ4n) is 2.94. The van der Waals surface area contributed by atoms with Crippen molar-refractivity contribution in [3.05, 3.63) is 22.9 Å². The van der Waals surface area contributed by atoms with Gasteiger partial charge in [-0.25, -0.2) is 4.98 Å². The van der Waals surface area contributed by atoms with E-state index in [1.54, 1.807) is 0 Å². The molecule has 116 valence electrons. The first-order chi connectivity index (χ1) is 10.1. The van der Waals surface area contributed by atoms with Crippen LogP contribution in [0.2, 0.25) is 0 Å². The fourth-order valence-corrected chi connectivity index (χ4v) is 2.94. The van der Waals surface area contributed by atoms with Gasteiger partial charge in [-0.2, -0.15) is 0 Å². The van der Waals surface area contributed by atoms with E-state index >= 15 is 0 Å². The molecule has 0 atom stereocenters. The van der Waals surface area contributed by atoms with Gasteiger partial charge < -0.3 is 15.0 Å². The number of rotatable bonds is 5. The molecule has 2 heterocycles. The number of piperidine rings is 1. The van der Waals surface area contributed by atoms with Crippen LogP contribution in [0.5, 0.6) is 5.88 Å². The van der Waals surface area contributed by atoms with Gasteiger partial charge in [-0.1, -0.05) is 0 Å². The first-order valence-electron chi connectivity index (χ1n) is 8.17. The summed E-state index contributed by atoms with van der Waals surface area (Å²) in [5, 5.41) is 3.59. The van der Waals surface area contributed by atoms with E-state index in [1.165, 1.54) is 24.0 Å². The lowest BCUT2D eigenvalue weighted by atomic mass is 10.1. The van der Waals surface area contributed by atoms with Crippen LogP contribution in [0.3, 0.4) is 0 Å². The second-order valence-corrected chi connectivity index (χ2v) is 6.64. The van der Waals surface area contributed by atoms with E-state index in [0.29, 0.717) is 12.1 Å². The molecule has 2 aliphatic rings. The second kappa shape index (κ2) is 6.32. The van der Waals surface area contributed by atoms with Crippen LogP contribution in [-0.4, -0.2) is 42.2 Å². The van der Waals surface area contributed by atoms with Gasteiger partial charge in [-0.05, 0) is 58.2 Å². The Labute approximate surface area is 127 Å². The molecule has 4 heteroatoms. The van der Waals surface area contributed by atoms with Crippen molar-refractivity contribution in [1.82, 2.24) is 15.2 Å². The summed E-state index contributed by atoms with van der Waals surface area (Å²) < 4.78 is 6.27. The van der Waals surface area contributed by atoms with E-state index in [9.17, 15) is 0 Å². The number of likely N-dealkylation sites (tertiary alicyclic amines) is 1. The lowest BCUT2D eigenvalue weighted by Crippen LogP contribution is -2.36. The summed E-state index contributed by atoms with van der Waals surface area (Å²) in [6.07, 6.45) is 5.13. The van der Waals surface area contributed by atoms with Gasteiger partial charge in [0.1, 0.15) is 6.10 Å². The molecule has 1 N–H and O–H groups in total. The van der Waals surface area contributed by atoms with Crippen LogP contribution in [-0.2, 0) is 6.54 Å². The molecule has 0 bridgehead atoms. The summed E-state index contributed by atoms with van der Waals surface area (Å²) in [6.45, 7) is 7.33. The van der Waals surface area contributed by atoms with Crippen molar-refractivity contribution in [1.29, 1.82) is 0 Å². The SMILES string of the molecule is Cc1cc(C)c(CNC2CC2)c(OC2CCN(C)CC2)n1. The Morgan fingerprint density at radius 1 is 1.24 bits per heavy atom. The highest BCUT2D eigenvalue weighted by Gasteiger charge is 2.23. The third kappa shape index (κ3) is 3.95. The van der Waals surface area contributed by atoms with Crippen LogP contribution in [0.25, 0.3) is 0 Å². The quantitative estimate of drug-likeness (QED) is 0.903. The zero-order valence-corrected chi connectivity index (χ0v) is 13.5. The maximum absolute atomic E-state index is 6.27. The number of aromatic nitrogens is 1. The van der Waals surface area contributed by atoms with E-state index < -0.39 is 0 Å². The average molecular weight is 289 g/mol. The molecule has 1 saturated heterocycles. The molecule has 1 aromatic rings. The van der Waals surface area contributed by atoms with Crippen LogP contribution < -0.4 is 10.1 Å². The third-order valence-corrected chi connectivity index (χ3v) is 4.53. The van der Waals surface area contributed by atoms with Crippen LogP contribution in [0, 0.1) is 13.8 Å². The summed E-state index contributed by atoms with van der Waals surface area (Å²) in [5.74, 6) is 0.857. The predicted molar refractivity (Wildman–Crippen MR) is 84.7 cm³/mol. The summed E-state index contributed by atoms with van der Waals surface area (Å²) in [6, 6.07) is 2.87. The molecule has 4 nitrogen and oxygen atoms in total. The Morgan fingerprint density at radius 2 is 1.95 bits per heavy atom. The Morgan fingerprint density at radius 3 is 2.62 bits per heavy atom. The molecule has 1 aliphatic carbocycles. The van der Waals surface area contributed by atoms with Gasteiger partial charge in [0.25, 0.3) is 0 Å². The molecule has 0 aromatic carbocycles. The summed E-state index contributed by atoms with van der Waals surface area (Å²) in [4.78, 5) is 7.04. The standard InChI is InChI=1S/C17H27N3O/c1-12-10-13(2)19-17(16(12)11-18-14-4-5-14)21-15-6-8-20(3)9-7-15/h10,14-15,18H,4-9,11H2,1-3H3. The van der Waals surface area contributed by atoms with Gasteiger partial charge in [0, 0.05) is 36.9 Å². The first-order valence-corrected chi connectivity index (χ1v) is 8.17. The Balaban J connectivity index is 1.71. The highest BCUT2D eigenvalue weighted by molar-refractivity contribution is 5.36. The van der Waals surface area contributed by atoms with Crippen LogP contribution in [0.15, 0.2) is 6.07 Å². The van der Waals surface area contributed by atoms with Crippen molar-refractivity contribution in [2.45, 2.75) is 58.2 Å². The smallest absolute Gasteiger partial charge is 0.218 e. The Bertz CT molecular complexity index is 491. The summed E-state index contributed by atoms with van der Waals surface area (Å²) in [5.41, 5.74) is 3.58. The number of aryl methyl sites for hydroxylation is 2. The van der Waals surface area contributed by atoms with Crippen molar-refractivity contribution in [2.75, 3.05) is 20.1 Å². The second-order valence-electron chi connectivity index (χ2n) is 6.64. The van der Waals surface area contributed by atoms with Gasteiger partial charge in [0.2, 0.25) is 5.88 Å². The highest BCUT2D eigenvalue weighted by Crippen LogP contribution is 2.26. The van der Waals surface area contributed by atoms with E-state index in [0.717, 1.165) is 44.0 Å². The lowest BCUT2D eigenvalue weighted by Gasteiger charge is -2.29. The maximum Gasteiger partial charge on any atom is 0.218 e. The molecule has 2 fully saturated rings. The normalized spacial score (nSPS) is 20.7. The van der Waals surface area contributed by atoms with E-state index in [1.807, 2.05) is 6.92 Å². The zero-order chi connectivity index (χ0) is 14.8. The number of nitrogens with one attached hydrogen (secondary N) is 1. The topological polar surface area (TPSA) is 37.4 Å². The van der Waals surface area contributed by atoms with Crippen molar-refractivity contribution in [3.63, 3.8) is 0 Å². The average Bonchev–Trinajstić information content (AvgIpc) is 3.24. The molecule has 1 aromatic heterocycles. The summed E-state index contributed by atoms with van der Waals surface area (Å²) in [7, 11) is 2.18. The highest BCUT2D eigenvalue weighted by atomic mass is 16.5. The van der Waals surface area contributed by atoms with Crippen molar-refractivity contribution in [2.24, 2.45) is 0 Å². The number of hydrogen-bond donors (Lipinski definition) is 1. The molecule has 1 saturated carbocycles. The minimum atomic E-state index is 0.314. The molecular formula is C17H27N3O. The Kier molecular flexibility index (Phi) is 4.45. The van der Waals surface area contributed by atoms with Crippen LogP contribution >= 0.6 is 0 Å². The maximum atomic E-state index is 6.27. The number of ether oxygens (including phenoxy) is 1. The van der Waals surface area contributed by atoms with Gasteiger partial charge in [0.05, 0.1) is 0 Å². The molecule has 0 amide bonds. The van der Waals surface area contributed by atoms with Crippen molar-refractivity contribution in [3.8, 4) is 5.88 Å². The van der Waals surface area contributed by atoms with Crippen molar-refractivity contribution < 1.29 is 4.74 Å². The molecule has 0 spiro atoms. The van der Waals surface area contributed by atoms with Gasteiger partial charge >= 0.3 is 0 Å². The van der Waals surface area contributed by atoms with Crippen LogP contribution in [0.4, 0.5) is 0 Å². The zero-order valence-electron chi connectivity index (χ0n) is 13.5. The summed E-state index contributed by atoms with van der Waals surface area (Å²) >= 11 is 0. The molecule has 0 radical (unpaired) electrons. The molecular weight excluding hydrogens is 262 g/mol. The molecule has 21 heavy (non-hydrogen) atoms. The van der Waals surface area contributed by atoms with Crippen molar-refractivity contribution >= 4 is 0 Å². The van der Waals surface area contributed by atoms with E-state index in [2.05, 4.69) is 35.2 Å². The number of hydrogen-bond acceptors (Lipinski definition) is 4. The minimum Gasteiger partial charge on any atom is -0.474 e. The van der Waals surface area contributed by atoms with Crippen LogP contribution in [0.1, 0.15) is 42.5 Å². The van der Waals surface area contributed by atoms with E-state index in [-0.39, 0.29) is 0 Å². The van der Waals surface area contributed by atoms with E-state index in [4.69, 9.17) is 4.74 Å². The monoisotopic (exact) mass is 289 g/mol. The van der Waals surface area contributed by atoms with Gasteiger partial charge in [-0.15, -0.1) is 0 Å². The fraction of sp³-hybridized carbons (Fsp3) is 0.706. The number of nitrogens with zero attached hydrogens (tertiary/aromatic N) is 2. The molecule has 3 rings (SSSR count). The van der Waals surface area contributed by atoms with Gasteiger partial charge in [0.15, 0.2) is 0 Å². The minimum absolute atomic E-state index is 0.314. The largest absolute Gasteiger partial charge is 0.474 e. The molecule has 0 unspecified atom stereocenters. The predicted octanol–water partition coefficient (Wildman–Crippen LogP) is 2.42. The Hall–Kier alpha value is -1.13.